The van der Waals surface area contributed by atoms with Crippen LogP contribution in [0.25, 0.3) is 6.08 Å². The standard InChI is InChI=1S/C18H17N3O2S/c1-12-2-3-14-15(8-12)24-16(17(14)22)9-13-10-19-18(20-11-13)21-4-6-23-7-5-21/h2-3,8-11H,4-7H2,1H3/b16-9-. The van der Waals surface area contributed by atoms with Gasteiger partial charge in [-0.15, -0.1) is 0 Å². The average Bonchev–Trinajstić information content (AvgIpc) is 2.91. The summed E-state index contributed by atoms with van der Waals surface area (Å²) < 4.78 is 5.34. The number of carbonyl (C=O) groups excluding carboxylic acids is 1. The second-order valence-electron chi connectivity index (χ2n) is 5.86. The number of anilines is 1. The molecular formula is C18H17N3O2S. The van der Waals surface area contributed by atoms with Crippen molar-refractivity contribution in [1.29, 1.82) is 0 Å². The van der Waals surface area contributed by atoms with Crippen LogP contribution in [-0.2, 0) is 4.74 Å². The predicted octanol–water partition coefficient (Wildman–Crippen LogP) is 2.95. The van der Waals surface area contributed by atoms with E-state index >= 15 is 0 Å². The predicted molar refractivity (Wildman–Crippen MR) is 94.4 cm³/mol. The number of nitrogens with zero attached hydrogens (tertiary/aromatic N) is 3. The molecule has 2 aromatic rings. The van der Waals surface area contributed by atoms with Crippen molar-refractivity contribution in [2.24, 2.45) is 0 Å². The summed E-state index contributed by atoms with van der Waals surface area (Å²) in [6.07, 6.45) is 5.41. The molecule has 0 unspecified atom stereocenters. The van der Waals surface area contributed by atoms with E-state index < -0.39 is 0 Å². The third-order valence-electron chi connectivity index (χ3n) is 4.08. The van der Waals surface area contributed by atoms with Crippen LogP contribution in [0.4, 0.5) is 5.95 Å². The summed E-state index contributed by atoms with van der Waals surface area (Å²) in [4.78, 5) is 25.2. The molecule has 1 fully saturated rings. The molecule has 1 aromatic carbocycles. The molecule has 1 saturated heterocycles. The fraction of sp³-hybridized carbons (Fsp3) is 0.278. The van der Waals surface area contributed by atoms with Crippen molar-refractivity contribution in [3.8, 4) is 0 Å². The van der Waals surface area contributed by atoms with Crippen LogP contribution in [0.3, 0.4) is 0 Å². The normalized spacial score (nSPS) is 19.0. The molecule has 0 N–H and O–H groups in total. The fourth-order valence-corrected chi connectivity index (χ4v) is 3.93. The number of Topliss-reactive ketones (excluding diaryl/α,β-unsaturated/α-hetero) is 1. The van der Waals surface area contributed by atoms with Crippen LogP contribution in [0, 0.1) is 6.92 Å². The Morgan fingerprint density at radius 3 is 2.71 bits per heavy atom. The number of carbonyl (C=O) groups is 1. The molecule has 2 aliphatic rings. The quantitative estimate of drug-likeness (QED) is 0.784. The van der Waals surface area contributed by atoms with Crippen LogP contribution in [0.2, 0.25) is 0 Å². The molecule has 0 bridgehead atoms. The zero-order valence-electron chi connectivity index (χ0n) is 13.4. The van der Waals surface area contributed by atoms with Gasteiger partial charge in [0.05, 0.1) is 18.1 Å². The van der Waals surface area contributed by atoms with E-state index in [0.29, 0.717) is 19.2 Å². The van der Waals surface area contributed by atoms with Gasteiger partial charge in [0.25, 0.3) is 0 Å². The summed E-state index contributed by atoms with van der Waals surface area (Å²) in [6.45, 7) is 5.06. The maximum Gasteiger partial charge on any atom is 0.225 e. The highest BCUT2D eigenvalue weighted by molar-refractivity contribution is 8.04. The van der Waals surface area contributed by atoms with Gasteiger partial charge in [0.1, 0.15) is 0 Å². The topological polar surface area (TPSA) is 55.3 Å². The summed E-state index contributed by atoms with van der Waals surface area (Å²) >= 11 is 1.51. The number of allylic oxidation sites excluding steroid dienone is 1. The Labute approximate surface area is 144 Å². The van der Waals surface area contributed by atoms with Crippen LogP contribution in [-0.4, -0.2) is 42.1 Å². The first-order valence-electron chi connectivity index (χ1n) is 7.90. The zero-order chi connectivity index (χ0) is 16.5. The number of ketones is 1. The Bertz CT molecular complexity index is 812. The number of benzene rings is 1. The molecule has 4 rings (SSSR count). The Kier molecular flexibility index (Phi) is 4.08. The number of hydrogen-bond acceptors (Lipinski definition) is 6. The highest BCUT2D eigenvalue weighted by Crippen LogP contribution is 2.41. The lowest BCUT2D eigenvalue weighted by Gasteiger charge is -2.26. The number of thioether (sulfide) groups is 1. The molecule has 0 atom stereocenters. The van der Waals surface area contributed by atoms with Gasteiger partial charge in [0.2, 0.25) is 11.7 Å². The third-order valence-corrected chi connectivity index (χ3v) is 5.16. The van der Waals surface area contributed by atoms with Gasteiger partial charge in [0.15, 0.2) is 0 Å². The van der Waals surface area contributed by atoms with Gasteiger partial charge in [-0.2, -0.15) is 0 Å². The number of ether oxygens (including phenoxy) is 1. The van der Waals surface area contributed by atoms with E-state index in [1.807, 2.05) is 25.1 Å². The molecule has 3 heterocycles. The fourth-order valence-electron chi connectivity index (χ4n) is 2.78. The Morgan fingerprint density at radius 1 is 1.21 bits per heavy atom. The molecule has 0 aliphatic carbocycles. The number of morpholine rings is 1. The first-order chi connectivity index (χ1) is 11.7. The van der Waals surface area contributed by atoms with Crippen molar-refractivity contribution in [3.05, 3.63) is 52.2 Å². The van der Waals surface area contributed by atoms with Crippen LogP contribution < -0.4 is 4.90 Å². The molecule has 5 nitrogen and oxygen atoms in total. The summed E-state index contributed by atoms with van der Waals surface area (Å²) in [7, 11) is 0. The van der Waals surface area contributed by atoms with E-state index in [0.717, 1.165) is 39.6 Å². The van der Waals surface area contributed by atoms with Crippen LogP contribution >= 0.6 is 11.8 Å². The van der Waals surface area contributed by atoms with Gasteiger partial charge in [0, 0.05) is 41.5 Å². The molecule has 122 valence electrons. The number of hydrogen-bond donors (Lipinski definition) is 0. The largest absolute Gasteiger partial charge is 0.378 e. The molecule has 0 saturated carbocycles. The van der Waals surface area contributed by atoms with Gasteiger partial charge in [-0.3, -0.25) is 4.79 Å². The van der Waals surface area contributed by atoms with E-state index in [2.05, 4.69) is 20.9 Å². The zero-order valence-corrected chi connectivity index (χ0v) is 14.2. The van der Waals surface area contributed by atoms with Crippen LogP contribution in [0.5, 0.6) is 0 Å². The summed E-state index contributed by atoms with van der Waals surface area (Å²) in [6, 6.07) is 5.93. The monoisotopic (exact) mass is 339 g/mol. The van der Waals surface area contributed by atoms with E-state index in [4.69, 9.17) is 4.74 Å². The number of fused-ring (bicyclic) bond motifs is 1. The van der Waals surface area contributed by atoms with Crippen LogP contribution in [0.15, 0.2) is 40.4 Å². The molecule has 24 heavy (non-hydrogen) atoms. The van der Waals surface area contributed by atoms with Crippen molar-refractivity contribution in [2.45, 2.75) is 11.8 Å². The Morgan fingerprint density at radius 2 is 1.96 bits per heavy atom. The summed E-state index contributed by atoms with van der Waals surface area (Å²) in [5.41, 5.74) is 2.78. The number of rotatable bonds is 2. The maximum atomic E-state index is 12.5. The van der Waals surface area contributed by atoms with Crippen molar-refractivity contribution >= 4 is 29.6 Å². The molecule has 6 heteroatoms. The Balaban J connectivity index is 1.55. The van der Waals surface area contributed by atoms with Gasteiger partial charge in [-0.25, -0.2) is 9.97 Å². The van der Waals surface area contributed by atoms with Gasteiger partial charge < -0.3 is 9.64 Å². The smallest absolute Gasteiger partial charge is 0.225 e. The Hall–Kier alpha value is -2.18. The molecule has 0 radical (unpaired) electrons. The summed E-state index contributed by atoms with van der Waals surface area (Å²) in [5.74, 6) is 0.789. The van der Waals surface area contributed by atoms with Crippen LogP contribution in [0.1, 0.15) is 21.5 Å². The van der Waals surface area contributed by atoms with Gasteiger partial charge in [-0.1, -0.05) is 17.8 Å². The van der Waals surface area contributed by atoms with Crippen molar-refractivity contribution in [2.75, 3.05) is 31.2 Å². The van der Waals surface area contributed by atoms with Crippen molar-refractivity contribution in [1.82, 2.24) is 9.97 Å². The highest BCUT2D eigenvalue weighted by Gasteiger charge is 2.25. The minimum atomic E-state index is 0.0762. The van der Waals surface area contributed by atoms with Gasteiger partial charge in [-0.05, 0) is 30.7 Å². The lowest BCUT2D eigenvalue weighted by molar-refractivity contribution is 0.104. The first-order valence-corrected chi connectivity index (χ1v) is 8.72. The number of aryl methyl sites for hydroxylation is 1. The summed E-state index contributed by atoms with van der Waals surface area (Å²) in [5, 5.41) is 0. The van der Waals surface area contributed by atoms with Gasteiger partial charge >= 0.3 is 0 Å². The second kappa shape index (κ2) is 6.37. The van der Waals surface area contributed by atoms with E-state index in [-0.39, 0.29) is 5.78 Å². The number of aromatic nitrogens is 2. The lowest BCUT2D eigenvalue weighted by atomic mass is 10.1. The second-order valence-corrected chi connectivity index (χ2v) is 6.94. The SMILES string of the molecule is Cc1ccc2c(c1)S/C(=C\c1cnc(N3CCOCC3)nc1)C2=O. The molecule has 0 spiro atoms. The molecule has 0 amide bonds. The third kappa shape index (κ3) is 2.95. The van der Waals surface area contributed by atoms with Crippen molar-refractivity contribution in [3.63, 3.8) is 0 Å². The first kappa shape index (κ1) is 15.4. The van der Waals surface area contributed by atoms with E-state index in [1.165, 1.54) is 11.8 Å². The lowest BCUT2D eigenvalue weighted by Crippen LogP contribution is -2.37. The minimum Gasteiger partial charge on any atom is -0.378 e. The average molecular weight is 339 g/mol. The molecular weight excluding hydrogens is 322 g/mol. The molecule has 1 aromatic heterocycles. The molecule has 2 aliphatic heterocycles. The minimum absolute atomic E-state index is 0.0762. The van der Waals surface area contributed by atoms with Crippen molar-refractivity contribution < 1.29 is 9.53 Å². The maximum absolute atomic E-state index is 12.5. The highest BCUT2D eigenvalue weighted by atomic mass is 32.2. The van der Waals surface area contributed by atoms with E-state index in [1.54, 1.807) is 12.4 Å². The van der Waals surface area contributed by atoms with E-state index in [9.17, 15) is 4.79 Å².